The van der Waals surface area contributed by atoms with Gasteiger partial charge in [-0.1, -0.05) is 24.3 Å². The molecule has 0 N–H and O–H groups in total. The Hall–Kier alpha value is -2.99. The van der Waals surface area contributed by atoms with Crippen LogP contribution >= 0.6 is 0 Å². The van der Waals surface area contributed by atoms with Gasteiger partial charge in [0.15, 0.2) is 5.78 Å². The first kappa shape index (κ1) is 17.4. The summed E-state index contributed by atoms with van der Waals surface area (Å²) in [6.07, 6.45) is 5.41. The first-order valence-electron chi connectivity index (χ1n) is 9.15. The van der Waals surface area contributed by atoms with E-state index in [0.717, 1.165) is 11.1 Å². The molecule has 0 saturated carbocycles. The van der Waals surface area contributed by atoms with Crippen molar-refractivity contribution >= 4 is 17.3 Å². The Kier molecular flexibility index (Phi) is 4.73. The van der Waals surface area contributed by atoms with Gasteiger partial charge in [-0.25, -0.2) is 4.98 Å². The maximum absolute atomic E-state index is 12.9. The molecule has 0 aliphatic carbocycles. The SMILES string of the molecule is Cc1ccccc1C(=O)CN1CCN(C(=O)c2cccn3ccnc23)CC1. The molecule has 27 heavy (non-hydrogen) atoms. The smallest absolute Gasteiger partial charge is 0.257 e. The Morgan fingerprint density at radius 3 is 2.48 bits per heavy atom. The molecule has 0 bridgehead atoms. The number of carbonyl (C=O) groups excluding carboxylic acids is 2. The van der Waals surface area contributed by atoms with Crippen molar-refractivity contribution in [2.75, 3.05) is 32.7 Å². The number of hydrogen-bond acceptors (Lipinski definition) is 4. The molecule has 138 valence electrons. The van der Waals surface area contributed by atoms with Crippen molar-refractivity contribution in [3.63, 3.8) is 0 Å². The Labute approximate surface area is 158 Å². The molecular formula is C21H22N4O2. The fourth-order valence-electron chi connectivity index (χ4n) is 3.57. The topological polar surface area (TPSA) is 57.9 Å². The van der Waals surface area contributed by atoms with E-state index < -0.39 is 0 Å². The lowest BCUT2D eigenvalue weighted by Gasteiger charge is -2.34. The van der Waals surface area contributed by atoms with E-state index >= 15 is 0 Å². The molecule has 3 aromatic rings. The Balaban J connectivity index is 1.39. The number of carbonyl (C=O) groups is 2. The molecule has 0 unspecified atom stereocenters. The van der Waals surface area contributed by atoms with Gasteiger partial charge >= 0.3 is 0 Å². The van der Waals surface area contributed by atoms with Crippen molar-refractivity contribution in [3.05, 3.63) is 71.7 Å². The largest absolute Gasteiger partial charge is 0.336 e. The molecule has 6 nitrogen and oxygen atoms in total. The zero-order valence-electron chi connectivity index (χ0n) is 15.3. The highest BCUT2D eigenvalue weighted by atomic mass is 16.2. The van der Waals surface area contributed by atoms with E-state index in [9.17, 15) is 9.59 Å². The van der Waals surface area contributed by atoms with Crippen LogP contribution in [0.15, 0.2) is 55.0 Å². The zero-order chi connectivity index (χ0) is 18.8. The van der Waals surface area contributed by atoms with Crippen LogP contribution in [0.2, 0.25) is 0 Å². The number of aryl methyl sites for hydroxylation is 1. The maximum Gasteiger partial charge on any atom is 0.257 e. The van der Waals surface area contributed by atoms with E-state index in [4.69, 9.17) is 0 Å². The van der Waals surface area contributed by atoms with Crippen LogP contribution in [0.4, 0.5) is 0 Å². The van der Waals surface area contributed by atoms with Crippen molar-refractivity contribution in [3.8, 4) is 0 Å². The summed E-state index contributed by atoms with van der Waals surface area (Å²) in [5.74, 6) is 0.131. The number of imidazole rings is 1. The second kappa shape index (κ2) is 7.32. The van der Waals surface area contributed by atoms with Gasteiger partial charge in [0.2, 0.25) is 0 Å². The molecule has 0 atom stereocenters. The molecule has 2 aromatic heterocycles. The number of Topliss-reactive ketones (excluding diaryl/α,β-unsaturated/α-hetero) is 1. The molecule has 1 aromatic carbocycles. The van der Waals surface area contributed by atoms with Crippen molar-refractivity contribution in [1.82, 2.24) is 19.2 Å². The Bertz CT molecular complexity index is 987. The highest BCUT2D eigenvalue weighted by molar-refractivity contribution is 6.00. The third kappa shape index (κ3) is 3.48. The molecule has 1 aliphatic heterocycles. The van der Waals surface area contributed by atoms with Crippen LogP contribution < -0.4 is 0 Å². The highest BCUT2D eigenvalue weighted by Crippen LogP contribution is 2.15. The number of nitrogens with zero attached hydrogens (tertiary/aromatic N) is 4. The van der Waals surface area contributed by atoms with Gasteiger partial charge in [0.1, 0.15) is 5.65 Å². The second-order valence-corrected chi connectivity index (χ2v) is 6.89. The van der Waals surface area contributed by atoms with Crippen molar-refractivity contribution < 1.29 is 9.59 Å². The number of rotatable bonds is 4. The number of benzene rings is 1. The Morgan fingerprint density at radius 2 is 1.70 bits per heavy atom. The van der Waals surface area contributed by atoms with Crippen LogP contribution in [-0.4, -0.2) is 63.6 Å². The van der Waals surface area contributed by atoms with E-state index in [-0.39, 0.29) is 11.7 Å². The van der Waals surface area contributed by atoms with Gasteiger partial charge in [0.25, 0.3) is 5.91 Å². The minimum Gasteiger partial charge on any atom is -0.336 e. The van der Waals surface area contributed by atoms with Gasteiger partial charge in [-0.2, -0.15) is 0 Å². The quantitative estimate of drug-likeness (QED) is 0.668. The van der Waals surface area contributed by atoms with Crippen molar-refractivity contribution in [2.24, 2.45) is 0 Å². The summed E-state index contributed by atoms with van der Waals surface area (Å²) in [5, 5.41) is 0. The van der Waals surface area contributed by atoms with Gasteiger partial charge in [-0.3, -0.25) is 14.5 Å². The highest BCUT2D eigenvalue weighted by Gasteiger charge is 2.25. The van der Waals surface area contributed by atoms with E-state index in [1.807, 2.05) is 65.0 Å². The molecule has 1 saturated heterocycles. The Morgan fingerprint density at radius 1 is 0.963 bits per heavy atom. The fourth-order valence-corrected chi connectivity index (χ4v) is 3.57. The summed E-state index contributed by atoms with van der Waals surface area (Å²) in [5.41, 5.74) is 3.08. The summed E-state index contributed by atoms with van der Waals surface area (Å²) in [4.78, 5) is 33.7. The molecule has 3 heterocycles. The number of hydrogen-bond donors (Lipinski definition) is 0. The minimum atomic E-state index is -0.00307. The number of fused-ring (bicyclic) bond motifs is 1. The van der Waals surface area contributed by atoms with Crippen LogP contribution in [0, 0.1) is 6.92 Å². The molecule has 4 rings (SSSR count). The zero-order valence-corrected chi connectivity index (χ0v) is 15.3. The van der Waals surface area contributed by atoms with Crippen molar-refractivity contribution in [2.45, 2.75) is 6.92 Å². The maximum atomic E-state index is 12.9. The van der Waals surface area contributed by atoms with E-state index in [1.54, 1.807) is 6.20 Å². The van der Waals surface area contributed by atoms with Crippen LogP contribution in [0.5, 0.6) is 0 Å². The number of ketones is 1. The predicted molar refractivity (Wildman–Crippen MR) is 103 cm³/mol. The molecule has 0 radical (unpaired) electrons. The van der Waals surface area contributed by atoms with E-state index in [0.29, 0.717) is 43.9 Å². The number of aromatic nitrogens is 2. The lowest BCUT2D eigenvalue weighted by atomic mass is 10.0. The average molecular weight is 362 g/mol. The number of amides is 1. The summed E-state index contributed by atoms with van der Waals surface area (Å²) < 4.78 is 1.85. The molecule has 1 fully saturated rings. The molecule has 1 amide bonds. The monoisotopic (exact) mass is 362 g/mol. The summed E-state index contributed by atoms with van der Waals surface area (Å²) in [7, 11) is 0. The lowest BCUT2D eigenvalue weighted by molar-refractivity contribution is 0.0625. The lowest BCUT2D eigenvalue weighted by Crippen LogP contribution is -2.50. The van der Waals surface area contributed by atoms with Crippen LogP contribution in [0.1, 0.15) is 26.3 Å². The third-order valence-electron chi connectivity index (χ3n) is 5.12. The van der Waals surface area contributed by atoms with Crippen LogP contribution in [0.3, 0.4) is 0 Å². The van der Waals surface area contributed by atoms with Gasteiger partial charge in [0.05, 0.1) is 12.1 Å². The molecule has 0 spiro atoms. The summed E-state index contributed by atoms with van der Waals surface area (Å²) in [6, 6.07) is 11.4. The molecule has 6 heteroatoms. The second-order valence-electron chi connectivity index (χ2n) is 6.89. The van der Waals surface area contributed by atoms with Crippen LogP contribution in [0.25, 0.3) is 5.65 Å². The summed E-state index contributed by atoms with van der Waals surface area (Å²) in [6.45, 7) is 4.97. The van der Waals surface area contributed by atoms with E-state index in [1.165, 1.54) is 0 Å². The molecular weight excluding hydrogens is 340 g/mol. The normalized spacial score (nSPS) is 15.2. The minimum absolute atomic E-state index is 0.00307. The van der Waals surface area contributed by atoms with E-state index in [2.05, 4.69) is 9.88 Å². The number of pyridine rings is 1. The average Bonchev–Trinajstić information content (AvgIpc) is 3.17. The first-order chi connectivity index (χ1) is 13.1. The fraction of sp³-hybridized carbons (Fsp3) is 0.286. The predicted octanol–water partition coefficient (Wildman–Crippen LogP) is 2.28. The van der Waals surface area contributed by atoms with Crippen LogP contribution in [-0.2, 0) is 0 Å². The number of piperazine rings is 1. The molecule has 1 aliphatic rings. The van der Waals surface area contributed by atoms with Gasteiger partial charge in [-0.15, -0.1) is 0 Å². The first-order valence-corrected chi connectivity index (χ1v) is 9.15. The van der Waals surface area contributed by atoms with Gasteiger partial charge in [0, 0.05) is 50.3 Å². The third-order valence-corrected chi connectivity index (χ3v) is 5.12. The standard InChI is InChI=1S/C21H22N4O2/c1-16-5-2-3-6-17(16)19(26)15-23-11-13-25(14-12-23)21(27)18-7-4-9-24-10-8-22-20(18)24/h2-10H,11-15H2,1H3. The van der Waals surface area contributed by atoms with Gasteiger partial charge < -0.3 is 9.30 Å². The van der Waals surface area contributed by atoms with Gasteiger partial charge in [-0.05, 0) is 24.6 Å². The van der Waals surface area contributed by atoms with Crippen molar-refractivity contribution in [1.29, 1.82) is 0 Å². The summed E-state index contributed by atoms with van der Waals surface area (Å²) >= 11 is 0.